The summed E-state index contributed by atoms with van der Waals surface area (Å²) in [5.74, 6) is 0. The zero-order valence-electron chi connectivity index (χ0n) is 13.2. The van der Waals surface area contributed by atoms with Crippen LogP contribution >= 0.6 is 0 Å². The van der Waals surface area contributed by atoms with Crippen LogP contribution in [0.4, 0.5) is 11.4 Å². The third-order valence-corrected chi connectivity index (χ3v) is 3.89. The molecule has 0 aliphatic heterocycles. The first-order valence-corrected chi connectivity index (χ1v) is 7.58. The largest absolute Gasteiger partial charge is 0.389 e. The number of aromatic nitrogens is 2. The Morgan fingerprint density at radius 3 is 2.75 bits per heavy atom. The summed E-state index contributed by atoms with van der Waals surface area (Å²) in [5, 5.41) is 27.1. The molecule has 2 aromatic carbocycles. The Hall–Kier alpha value is -2.93. The molecule has 0 radical (unpaired) electrons. The van der Waals surface area contributed by atoms with Crippen LogP contribution in [-0.2, 0) is 6.54 Å². The van der Waals surface area contributed by atoms with Gasteiger partial charge in [-0.25, -0.2) is 0 Å². The molecule has 3 aromatic rings. The fraction of sp³-hybridized carbons (Fsp3) is 0.235. The topological polar surface area (TPSA) is 84.4 Å². The summed E-state index contributed by atoms with van der Waals surface area (Å²) in [4.78, 5) is 12.1. The monoisotopic (exact) mass is 326 g/mol. The van der Waals surface area contributed by atoms with Gasteiger partial charge in [0, 0.05) is 19.3 Å². The van der Waals surface area contributed by atoms with E-state index >= 15 is 0 Å². The van der Waals surface area contributed by atoms with Crippen LogP contribution in [0.25, 0.3) is 10.8 Å². The van der Waals surface area contributed by atoms with E-state index in [1.807, 2.05) is 42.3 Å². The van der Waals surface area contributed by atoms with Crippen molar-refractivity contribution >= 4 is 22.1 Å². The normalized spacial score (nSPS) is 12.2. The Labute approximate surface area is 138 Å². The number of nitrogens with zero attached hydrogens (tertiary/aromatic N) is 4. The maximum Gasteiger partial charge on any atom is 0.306 e. The van der Waals surface area contributed by atoms with E-state index in [2.05, 4.69) is 17.2 Å². The molecule has 0 spiro atoms. The molecular weight excluding hydrogens is 308 g/mol. The predicted octanol–water partition coefficient (Wildman–Crippen LogP) is 2.44. The molecule has 0 amide bonds. The standard InChI is InChI=1S/C17H18N4O3/c1-19(15-7-6-13-4-2-3-5-14(13)8-15)11-17(22)12-20-10-16(9-18-20)21(23)24/h2-10,17,22H,11-12H2,1H3/t17-/m0/s1. The Morgan fingerprint density at radius 2 is 2.04 bits per heavy atom. The SMILES string of the molecule is CN(C[C@H](O)Cn1cc([N+](=O)[O-])cn1)c1ccc2ccccc2c1. The molecular formula is C17H18N4O3. The molecule has 0 aliphatic carbocycles. The summed E-state index contributed by atoms with van der Waals surface area (Å²) in [6, 6.07) is 14.2. The highest BCUT2D eigenvalue weighted by Gasteiger charge is 2.14. The highest BCUT2D eigenvalue weighted by atomic mass is 16.6. The minimum absolute atomic E-state index is 0.0786. The second kappa shape index (κ2) is 6.67. The summed E-state index contributed by atoms with van der Waals surface area (Å²) in [6.07, 6.45) is 1.81. The van der Waals surface area contributed by atoms with Gasteiger partial charge in [0.05, 0.1) is 17.6 Å². The maximum atomic E-state index is 10.7. The van der Waals surface area contributed by atoms with Crippen molar-refractivity contribution in [2.75, 3.05) is 18.5 Å². The van der Waals surface area contributed by atoms with E-state index in [9.17, 15) is 15.2 Å². The van der Waals surface area contributed by atoms with Crippen LogP contribution in [0, 0.1) is 10.1 Å². The van der Waals surface area contributed by atoms with Crippen LogP contribution < -0.4 is 4.90 Å². The fourth-order valence-corrected chi connectivity index (χ4v) is 2.66. The molecule has 1 N–H and O–H groups in total. The van der Waals surface area contributed by atoms with Crippen LogP contribution in [0.15, 0.2) is 54.9 Å². The van der Waals surface area contributed by atoms with Gasteiger partial charge in [-0.1, -0.05) is 30.3 Å². The number of fused-ring (bicyclic) bond motifs is 1. The molecule has 24 heavy (non-hydrogen) atoms. The smallest absolute Gasteiger partial charge is 0.306 e. The average molecular weight is 326 g/mol. The van der Waals surface area contributed by atoms with Crippen molar-refractivity contribution in [1.29, 1.82) is 0 Å². The minimum Gasteiger partial charge on any atom is -0.389 e. The fourth-order valence-electron chi connectivity index (χ4n) is 2.66. The number of hydrogen-bond donors (Lipinski definition) is 1. The Kier molecular flexibility index (Phi) is 4.43. The zero-order chi connectivity index (χ0) is 17.1. The van der Waals surface area contributed by atoms with E-state index in [0.717, 1.165) is 11.1 Å². The van der Waals surface area contributed by atoms with Crippen LogP contribution in [0.1, 0.15) is 0 Å². The number of aliphatic hydroxyl groups is 1. The van der Waals surface area contributed by atoms with Crippen LogP contribution in [-0.4, -0.2) is 39.5 Å². The molecule has 1 aromatic heterocycles. The summed E-state index contributed by atoms with van der Waals surface area (Å²) in [5.41, 5.74) is 0.921. The summed E-state index contributed by atoms with van der Waals surface area (Å²) in [7, 11) is 1.90. The minimum atomic E-state index is -0.694. The van der Waals surface area contributed by atoms with E-state index in [4.69, 9.17) is 0 Å². The van der Waals surface area contributed by atoms with E-state index in [0.29, 0.717) is 6.54 Å². The highest BCUT2D eigenvalue weighted by Crippen LogP contribution is 2.21. The van der Waals surface area contributed by atoms with Gasteiger partial charge in [-0.2, -0.15) is 5.10 Å². The van der Waals surface area contributed by atoms with Gasteiger partial charge in [0.25, 0.3) is 0 Å². The number of likely N-dealkylation sites (N-methyl/N-ethyl adjacent to an activating group) is 1. The van der Waals surface area contributed by atoms with Gasteiger partial charge >= 0.3 is 5.69 Å². The zero-order valence-corrected chi connectivity index (χ0v) is 13.2. The van der Waals surface area contributed by atoms with Gasteiger partial charge in [0.2, 0.25) is 0 Å². The van der Waals surface area contributed by atoms with Gasteiger partial charge < -0.3 is 10.0 Å². The molecule has 0 saturated carbocycles. The molecule has 1 atom stereocenters. The second-order valence-corrected chi connectivity index (χ2v) is 5.74. The Balaban J connectivity index is 1.65. The number of hydrogen-bond acceptors (Lipinski definition) is 5. The van der Waals surface area contributed by atoms with Crippen molar-refractivity contribution in [2.45, 2.75) is 12.6 Å². The number of rotatable bonds is 6. The lowest BCUT2D eigenvalue weighted by Gasteiger charge is -2.23. The third-order valence-electron chi connectivity index (χ3n) is 3.89. The molecule has 7 nitrogen and oxygen atoms in total. The van der Waals surface area contributed by atoms with Gasteiger partial charge in [0.15, 0.2) is 0 Å². The predicted molar refractivity (Wildman–Crippen MR) is 92.1 cm³/mol. The van der Waals surface area contributed by atoms with Crippen LogP contribution in [0.3, 0.4) is 0 Å². The molecule has 0 unspecified atom stereocenters. The number of nitro groups is 1. The lowest BCUT2D eigenvalue weighted by atomic mass is 10.1. The van der Waals surface area contributed by atoms with Crippen molar-refractivity contribution in [3.8, 4) is 0 Å². The first-order chi connectivity index (χ1) is 11.5. The van der Waals surface area contributed by atoms with E-state index in [-0.39, 0.29) is 12.2 Å². The van der Waals surface area contributed by atoms with Gasteiger partial charge in [-0.15, -0.1) is 0 Å². The number of aliphatic hydroxyl groups excluding tert-OH is 1. The van der Waals surface area contributed by atoms with Gasteiger partial charge in [0.1, 0.15) is 12.4 Å². The molecule has 1 heterocycles. The molecule has 0 aliphatic rings. The summed E-state index contributed by atoms with van der Waals surface area (Å²) < 4.78 is 1.39. The molecule has 0 fully saturated rings. The van der Waals surface area contributed by atoms with Gasteiger partial charge in [-0.3, -0.25) is 14.8 Å². The Morgan fingerprint density at radius 1 is 1.29 bits per heavy atom. The van der Waals surface area contributed by atoms with E-state index in [1.54, 1.807) is 0 Å². The van der Waals surface area contributed by atoms with E-state index in [1.165, 1.54) is 22.5 Å². The lowest BCUT2D eigenvalue weighted by molar-refractivity contribution is -0.385. The van der Waals surface area contributed by atoms with Gasteiger partial charge in [-0.05, 0) is 22.9 Å². The van der Waals surface area contributed by atoms with E-state index < -0.39 is 11.0 Å². The van der Waals surface area contributed by atoms with Crippen molar-refractivity contribution in [1.82, 2.24) is 9.78 Å². The lowest BCUT2D eigenvalue weighted by Crippen LogP contribution is -2.32. The maximum absolute atomic E-state index is 10.7. The first-order valence-electron chi connectivity index (χ1n) is 7.58. The number of anilines is 1. The van der Waals surface area contributed by atoms with Crippen molar-refractivity contribution in [3.63, 3.8) is 0 Å². The average Bonchev–Trinajstić information content (AvgIpc) is 3.03. The summed E-state index contributed by atoms with van der Waals surface area (Å²) in [6.45, 7) is 0.595. The summed E-state index contributed by atoms with van der Waals surface area (Å²) >= 11 is 0. The highest BCUT2D eigenvalue weighted by molar-refractivity contribution is 5.85. The first kappa shape index (κ1) is 15.9. The van der Waals surface area contributed by atoms with Crippen molar-refractivity contribution < 1.29 is 10.0 Å². The second-order valence-electron chi connectivity index (χ2n) is 5.74. The molecule has 0 bridgehead atoms. The van der Waals surface area contributed by atoms with Crippen LogP contribution in [0.5, 0.6) is 0 Å². The van der Waals surface area contributed by atoms with Crippen molar-refractivity contribution in [2.24, 2.45) is 0 Å². The van der Waals surface area contributed by atoms with Crippen molar-refractivity contribution in [3.05, 3.63) is 65.0 Å². The third kappa shape index (κ3) is 3.52. The number of benzene rings is 2. The quantitative estimate of drug-likeness (QED) is 0.555. The van der Waals surface area contributed by atoms with Crippen LogP contribution in [0.2, 0.25) is 0 Å². The molecule has 3 rings (SSSR count). The molecule has 0 saturated heterocycles. The Bertz CT molecular complexity index is 862. The molecule has 7 heteroatoms. The molecule has 124 valence electrons.